The molecule has 0 aliphatic rings. The summed E-state index contributed by atoms with van der Waals surface area (Å²) in [6, 6.07) is 17.3. The van der Waals surface area contributed by atoms with Crippen LogP contribution in [0.3, 0.4) is 0 Å². The Balaban J connectivity index is 1.96. The molecule has 0 saturated heterocycles. The number of rotatable bonds is 9. The molecule has 0 aliphatic carbocycles. The smallest absolute Gasteiger partial charge is 0.408 e. The number of ether oxygens (including phenoxy) is 1. The maximum absolute atomic E-state index is 12.8. The summed E-state index contributed by atoms with van der Waals surface area (Å²) in [6.07, 6.45) is -0.282. The van der Waals surface area contributed by atoms with E-state index in [0.717, 1.165) is 11.1 Å². The van der Waals surface area contributed by atoms with Crippen molar-refractivity contribution in [1.29, 1.82) is 0 Å². The molecule has 2 rings (SSSR count). The highest BCUT2D eigenvalue weighted by atomic mass is 16.5. The first-order valence-electron chi connectivity index (χ1n) is 9.68. The quantitative estimate of drug-likeness (QED) is 0.681. The minimum atomic E-state index is -0.809. The van der Waals surface area contributed by atoms with Gasteiger partial charge in [-0.15, -0.1) is 0 Å². The van der Waals surface area contributed by atoms with E-state index in [0.29, 0.717) is 6.42 Å². The van der Waals surface area contributed by atoms with Gasteiger partial charge >= 0.3 is 6.09 Å². The number of hydrogen-bond donors (Lipinski definition) is 2. The molecule has 0 bridgehead atoms. The highest BCUT2D eigenvalue weighted by Gasteiger charge is 2.28. The summed E-state index contributed by atoms with van der Waals surface area (Å²) in [5.41, 5.74) is 1.80. The molecule has 29 heavy (non-hydrogen) atoms. The molecule has 2 aromatic rings. The molecule has 6 heteroatoms. The van der Waals surface area contributed by atoms with Crippen molar-refractivity contribution in [1.82, 2.24) is 10.6 Å². The summed E-state index contributed by atoms with van der Waals surface area (Å²) >= 11 is 0. The molecular formula is C23H28N2O4. The zero-order chi connectivity index (χ0) is 21.2. The van der Waals surface area contributed by atoms with E-state index < -0.39 is 24.1 Å². The minimum Gasteiger partial charge on any atom is -0.445 e. The maximum atomic E-state index is 12.8. The molecule has 2 N–H and O–H groups in total. The summed E-state index contributed by atoms with van der Waals surface area (Å²) < 4.78 is 5.21. The zero-order valence-corrected chi connectivity index (χ0v) is 17.1. The van der Waals surface area contributed by atoms with Gasteiger partial charge in [-0.25, -0.2) is 4.79 Å². The zero-order valence-electron chi connectivity index (χ0n) is 17.1. The predicted octanol–water partition coefficient (Wildman–Crippen LogP) is 3.25. The van der Waals surface area contributed by atoms with E-state index in [1.165, 1.54) is 6.92 Å². The monoisotopic (exact) mass is 396 g/mol. The fourth-order valence-electron chi connectivity index (χ4n) is 2.83. The number of carbonyl (C=O) groups excluding carboxylic acids is 3. The second kappa shape index (κ2) is 11.0. The van der Waals surface area contributed by atoms with Crippen molar-refractivity contribution in [2.24, 2.45) is 5.92 Å². The van der Waals surface area contributed by atoms with Gasteiger partial charge in [0.25, 0.3) is 0 Å². The Morgan fingerprint density at radius 3 is 1.93 bits per heavy atom. The fraction of sp³-hybridized carbons (Fsp3) is 0.348. The topological polar surface area (TPSA) is 84.5 Å². The number of benzene rings is 2. The molecule has 0 radical (unpaired) electrons. The molecule has 2 aromatic carbocycles. The summed E-state index contributed by atoms with van der Waals surface area (Å²) in [4.78, 5) is 37.0. The van der Waals surface area contributed by atoms with E-state index in [1.54, 1.807) is 0 Å². The van der Waals surface area contributed by atoms with Gasteiger partial charge in [0.1, 0.15) is 12.6 Å². The van der Waals surface area contributed by atoms with E-state index in [1.807, 2.05) is 74.5 Å². The Hall–Kier alpha value is -3.15. The molecule has 0 aromatic heterocycles. The van der Waals surface area contributed by atoms with Crippen LogP contribution in [-0.2, 0) is 27.4 Å². The Morgan fingerprint density at radius 1 is 0.862 bits per heavy atom. The number of alkyl carbamates (subject to hydrolysis) is 1. The Morgan fingerprint density at radius 2 is 1.41 bits per heavy atom. The minimum absolute atomic E-state index is 0.114. The van der Waals surface area contributed by atoms with Gasteiger partial charge in [-0.1, -0.05) is 74.5 Å². The van der Waals surface area contributed by atoms with Gasteiger partial charge in [0.05, 0.1) is 6.04 Å². The van der Waals surface area contributed by atoms with E-state index in [9.17, 15) is 14.4 Å². The van der Waals surface area contributed by atoms with Gasteiger partial charge in [-0.3, -0.25) is 9.59 Å². The molecule has 154 valence electrons. The molecule has 0 heterocycles. The third-order valence-electron chi connectivity index (χ3n) is 4.53. The van der Waals surface area contributed by atoms with E-state index in [4.69, 9.17) is 4.74 Å². The molecular weight excluding hydrogens is 368 g/mol. The molecule has 1 unspecified atom stereocenters. The second-order valence-electron chi connectivity index (χ2n) is 7.29. The van der Waals surface area contributed by atoms with Crippen molar-refractivity contribution in [3.8, 4) is 0 Å². The molecule has 0 aliphatic heterocycles. The second-order valence-corrected chi connectivity index (χ2v) is 7.29. The Kier molecular flexibility index (Phi) is 8.40. The summed E-state index contributed by atoms with van der Waals surface area (Å²) in [5, 5.41) is 5.38. The van der Waals surface area contributed by atoms with Gasteiger partial charge in [0, 0.05) is 0 Å². The first-order valence-corrected chi connectivity index (χ1v) is 9.68. The summed E-state index contributed by atoms with van der Waals surface area (Å²) in [5.74, 6) is -0.729. The molecule has 0 spiro atoms. The van der Waals surface area contributed by atoms with Crippen molar-refractivity contribution in [2.45, 2.75) is 45.9 Å². The van der Waals surface area contributed by atoms with Crippen molar-refractivity contribution < 1.29 is 19.1 Å². The lowest BCUT2D eigenvalue weighted by atomic mass is 10.00. The highest BCUT2D eigenvalue weighted by Crippen LogP contribution is 2.08. The summed E-state index contributed by atoms with van der Waals surface area (Å²) in [7, 11) is 0. The number of nitrogens with one attached hydrogen (secondary N) is 2. The third kappa shape index (κ3) is 7.41. The lowest BCUT2D eigenvalue weighted by molar-refractivity contribution is -0.128. The third-order valence-corrected chi connectivity index (χ3v) is 4.53. The molecule has 2 amide bonds. The van der Waals surface area contributed by atoms with Gasteiger partial charge in [0.2, 0.25) is 5.91 Å². The van der Waals surface area contributed by atoms with Crippen LogP contribution in [0.15, 0.2) is 60.7 Å². The number of amides is 2. The van der Waals surface area contributed by atoms with Crippen LogP contribution < -0.4 is 10.6 Å². The van der Waals surface area contributed by atoms with Crippen LogP contribution >= 0.6 is 0 Å². The Bertz CT molecular complexity index is 806. The van der Waals surface area contributed by atoms with Crippen molar-refractivity contribution in [2.75, 3.05) is 0 Å². The standard InChI is InChI=1S/C23H28N2O4/c1-16(2)21(25-23(28)29-15-19-12-8-5-9-13-19)22(27)24-20(17(3)26)14-18-10-6-4-7-11-18/h4-13,16,20-21H,14-15H2,1-3H3,(H,24,27)(H,25,28)/t20?,21-/m0/s1. The van der Waals surface area contributed by atoms with Crippen molar-refractivity contribution >= 4 is 17.8 Å². The molecule has 0 saturated carbocycles. The molecule has 0 fully saturated rings. The van der Waals surface area contributed by atoms with E-state index in [2.05, 4.69) is 10.6 Å². The van der Waals surface area contributed by atoms with Gasteiger partial charge < -0.3 is 15.4 Å². The maximum Gasteiger partial charge on any atom is 0.408 e. The predicted molar refractivity (Wildman–Crippen MR) is 111 cm³/mol. The first-order chi connectivity index (χ1) is 13.9. The van der Waals surface area contributed by atoms with Crippen LogP contribution in [0.5, 0.6) is 0 Å². The summed E-state index contributed by atoms with van der Waals surface area (Å²) in [6.45, 7) is 5.20. The van der Waals surface area contributed by atoms with E-state index in [-0.39, 0.29) is 18.3 Å². The lowest BCUT2D eigenvalue weighted by Crippen LogP contribution is -2.54. The molecule has 6 nitrogen and oxygen atoms in total. The number of hydrogen-bond acceptors (Lipinski definition) is 4. The van der Waals surface area contributed by atoms with Crippen molar-refractivity contribution in [3.63, 3.8) is 0 Å². The highest BCUT2D eigenvalue weighted by molar-refractivity contribution is 5.91. The van der Waals surface area contributed by atoms with E-state index >= 15 is 0 Å². The van der Waals surface area contributed by atoms with Gasteiger partial charge in [-0.2, -0.15) is 0 Å². The van der Waals surface area contributed by atoms with Crippen LogP contribution in [-0.4, -0.2) is 29.9 Å². The number of carbonyl (C=O) groups is 3. The van der Waals surface area contributed by atoms with Crippen LogP contribution in [0.25, 0.3) is 0 Å². The number of ketones is 1. The van der Waals surface area contributed by atoms with Crippen LogP contribution in [0, 0.1) is 5.92 Å². The van der Waals surface area contributed by atoms with Crippen LogP contribution in [0.2, 0.25) is 0 Å². The molecule has 2 atom stereocenters. The van der Waals surface area contributed by atoms with Crippen LogP contribution in [0.1, 0.15) is 31.9 Å². The normalized spacial score (nSPS) is 12.7. The van der Waals surface area contributed by atoms with Gasteiger partial charge in [0.15, 0.2) is 5.78 Å². The average Bonchev–Trinajstić information content (AvgIpc) is 2.71. The van der Waals surface area contributed by atoms with Crippen molar-refractivity contribution in [3.05, 3.63) is 71.8 Å². The van der Waals surface area contributed by atoms with Gasteiger partial charge in [-0.05, 0) is 30.4 Å². The SMILES string of the molecule is CC(=O)C(Cc1ccccc1)NC(=O)[C@@H](NC(=O)OCc1ccccc1)C(C)C. The van der Waals surface area contributed by atoms with Crippen LogP contribution in [0.4, 0.5) is 4.79 Å². The fourth-order valence-corrected chi connectivity index (χ4v) is 2.83. The number of Topliss-reactive ketones (excluding diaryl/α,β-unsaturated/α-hetero) is 1. The largest absolute Gasteiger partial charge is 0.445 e. The average molecular weight is 396 g/mol. The Labute approximate surface area is 171 Å². The first kappa shape index (κ1) is 22.1. The lowest BCUT2D eigenvalue weighted by Gasteiger charge is -2.24.